The minimum Gasteiger partial charge on any atom is -0.342 e. The first kappa shape index (κ1) is 19.8. The first-order valence-corrected chi connectivity index (χ1v) is 9.80. The van der Waals surface area contributed by atoms with E-state index < -0.39 is 0 Å². The van der Waals surface area contributed by atoms with E-state index in [1.54, 1.807) is 19.1 Å². The Labute approximate surface area is 160 Å². The number of amides is 2. The summed E-state index contributed by atoms with van der Waals surface area (Å²) >= 11 is 0. The molecule has 2 fully saturated rings. The molecule has 2 saturated heterocycles. The molecule has 0 radical (unpaired) electrons. The lowest BCUT2D eigenvalue weighted by Crippen LogP contribution is -2.51. The fourth-order valence-corrected chi connectivity index (χ4v) is 3.61. The maximum absolute atomic E-state index is 13.6. The molecule has 0 aliphatic carbocycles. The van der Waals surface area contributed by atoms with Gasteiger partial charge in [0.25, 0.3) is 0 Å². The van der Waals surface area contributed by atoms with E-state index in [0.29, 0.717) is 17.8 Å². The summed E-state index contributed by atoms with van der Waals surface area (Å²) in [4.78, 5) is 30.8. The standard InChI is InChI=1S/C20H29FN4O2/c1-16-5-6-17(13-18(16)21)22-19(26)14-23-9-11-24(12-10-23)15-20(27)25-7-3-2-4-8-25/h5-6,13H,2-4,7-12,14-15H2,1H3,(H,22,26). The smallest absolute Gasteiger partial charge is 0.238 e. The molecule has 2 aliphatic heterocycles. The van der Waals surface area contributed by atoms with Crippen molar-refractivity contribution in [2.75, 3.05) is 57.7 Å². The third-order valence-corrected chi connectivity index (χ3v) is 5.36. The van der Waals surface area contributed by atoms with Crippen molar-refractivity contribution in [3.05, 3.63) is 29.6 Å². The second kappa shape index (κ2) is 9.28. The lowest BCUT2D eigenvalue weighted by molar-refractivity contribution is -0.134. The Balaban J connectivity index is 1.39. The molecule has 0 spiro atoms. The lowest BCUT2D eigenvalue weighted by atomic mass is 10.1. The van der Waals surface area contributed by atoms with Gasteiger partial charge in [0.05, 0.1) is 13.1 Å². The summed E-state index contributed by atoms with van der Waals surface area (Å²) in [5, 5.41) is 2.75. The van der Waals surface area contributed by atoms with Gasteiger partial charge in [-0.3, -0.25) is 19.4 Å². The molecular weight excluding hydrogens is 347 g/mol. The molecule has 0 unspecified atom stereocenters. The number of carbonyl (C=O) groups excluding carboxylic acids is 2. The summed E-state index contributed by atoms with van der Waals surface area (Å²) in [7, 11) is 0. The number of aryl methyl sites for hydroxylation is 1. The molecule has 0 aromatic heterocycles. The normalized spacial score (nSPS) is 19.1. The maximum atomic E-state index is 13.6. The highest BCUT2D eigenvalue weighted by molar-refractivity contribution is 5.92. The predicted octanol–water partition coefficient (Wildman–Crippen LogP) is 1.70. The van der Waals surface area contributed by atoms with Crippen molar-refractivity contribution in [1.82, 2.24) is 14.7 Å². The molecule has 3 rings (SSSR count). The van der Waals surface area contributed by atoms with E-state index in [2.05, 4.69) is 15.1 Å². The molecule has 148 valence electrons. The molecule has 2 amide bonds. The van der Waals surface area contributed by atoms with Crippen molar-refractivity contribution in [2.24, 2.45) is 0 Å². The average Bonchev–Trinajstić information content (AvgIpc) is 2.67. The molecule has 27 heavy (non-hydrogen) atoms. The van der Waals surface area contributed by atoms with Crippen LogP contribution in [0, 0.1) is 12.7 Å². The summed E-state index contributed by atoms with van der Waals surface area (Å²) < 4.78 is 13.6. The van der Waals surface area contributed by atoms with Gasteiger partial charge in [0.2, 0.25) is 11.8 Å². The summed E-state index contributed by atoms with van der Waals surface area (Å²) in [5.74, 6) is -0.238. The molecule has 1 N–H and O–H groups in total. The van der Waals surface area contributed by atoms with Crippen LogP contribution in [0.25, 0.3) is 0 Å². The Hall–Kier alpha value is -1.99. The Morgan fingerprint density at radius 2 is 1.59 bits per heavy atom. The molecule has 6 nitrogen and oxygen atoms in total. The van der Waals surface area contributed by atoms with Gasteiger partial charge < -0.3 is 10.2 Å². The highest BCUT2D eigenvalue weighted by atomic mass is 19.1. The minimum absolute atomic E-state index is 0.143. The number of piperidine rings is 1. The highest BCUT2D eigenvalue weighted by Gasteiger charge is 2.23. The van der Waals surface area contributed by atoms with Gasteiger partial charge in [0.1, 0.15) is 5.82 Å². The van der Waals surface area contributed by atoms with Crippen LogP contribution in [-0.2, 0) is 9.59 Å². The van der Waals surface area contributed by atoms with E-state index >= 15 is 0 Å². The topological polar surface area (TPSA) is 55.9 Å². The van der Waals surface area contributed by atoms with Crippen molar-refractivity contribution in [3.63, 3.8) is 0 Å². The van der Waals surface area contributed by atoms with E-state index in [4.69, 9.17) is 0 Å². The number of carbonyl (C=O) groups is 2. The van der Waals surface area contributed by atoms with Gasteiger partial charge in [-0.25, -0.2) is 4.39 Å². The number of piperazine rings is 1. The molecule has 0 bridgehead atoms. The van der Waals surface area contributed by atoms with Crippen molar-refractivity contribution in [1.29, 1.82) is 0 Å². The van der Waals surface area contributed by atoms with Crippen molar-refractivity contribution in [3.8, 4) is 0 Å². The number of benzene rings is 1. The summed E-state index contributed by atoms with van der Waals surface area (Å²) in [6, 6.07) is 4.71. The van der Waals surface area contributed by atoms with Crippen molar-refractivity contribution < 1.29 is 14.0 Å². The number of nitrogens with zero attached hydrogens (tertiary/aromatic N) is 3. The van der Waals surface area contributed by atoms with Crippen LogP contribution in [0.4, 0.5) is 10.1 Å². The maximum Gasteiger partial charge on any atom is 0.238 e. The Morgan fingerprint density at radius 1 is 0.963 bits per heavy atom. The van der Waals surface area contributed by atoms with Gasteiger partial charge in [-0.2, -0.15) is 0 Å². The van der Waals surface area contributed by atoms with Crippen LogP contribution in [0.3, 0.4) is 0 Å². The number of rotatable bonds is 5. The van der Waals surface area contributed by atoms with Gasteiger partial charge in [0, 0.05) is 45.0 Å². The molecule has 7 heteroatoms. The highest BCUT2D eigenvalue weighted by Crippen LogP contribution is 2.14. The minimum atomic E-state index is -0.320. The molecular formula is C20H29FN4O2. The van der Waals surface area contributed by atoms with Crippen LogP contribution in [0.5, 0.6) is 0 Å². The van der Waals surface area contributed by atoms with Crippen molar-refractivity contribution >= 4 is 17.5 Å². The fraction of sp³-hybridized carbons (Fsp3) is 0.600. The van der Waals surface area contributed by atoms with Crippen LogP contribution in [0.1, 0.15) is 24.8 Å². The molecule has 2 heterocycles. The first-order valence-electron chi connectivity index (χ1n) is 9.80. The van der Waals surface area contributed by atoms with Crippen LogP contribution in [0.2, 0.25) is 0 Å². The van der Waals surface area contributed by atoms with Crippen LogP contribution in [-0.4, -0.2) is 78.9 Å². The monoisotopic (exact) mass is 376 g/mol. The second-order valence-corrected chi connectivity index (χ2v) is 7.51. The van der Waals surface area contributed by atoms with Crippen LogP contribution in [0.15, 0.2) is 18.2 Å². The van der Waals surface area contributed by atoms with Crippen LogP contribution < -0.4 is 5.32 Å². The van der Waals surface area contributed by atoms with Gasteiger partial charge >= 0.3 is 0 Å². The molecule has 0 atom stereocenters. The number of halogens is 1. The van der Waals surface area contributed by atoms with Gasteiger partial charge in [0.15, 0.2) is 0 Å². The third kappa shape index (κ3) is 5.74. The van der Waals surface area contributed by atoms with Gasteiger partial charge in [-0.05, 0) is 43.9 Å². The van der Waals surface area contributed by atoms with Gasteiger partial charge in [-0.1, -0.05) is 6.07 Å². The largest absolute Gasteiger partial charge is 0.342 e. The second-order valence-electron chi connectivity index (χ2n) is 7.51. The molecule has 0 saturated carbocycles. The zero-order valence-corrected chi connectivity index (χ0v) is 16.0. The number of hydrogen-bond acceptors (Lipinski definition) is 4. The molecule has 2 aliphatic rings. The van der Waals surface area contributed by atoms with E-state index in [1.165, 1.54) is 12.5 Å². The Bertz CT molecular complexity index is 668. The SMILES string of the molecule is Cc1ccc(NC(=O)CN2CCN(CC(=O)N3CCCCC3)CC2)cc1F. The zero-order chi connectivity index (χ0) is 19.2. The quantitative estimate of drug-likeness (QED) is 0.850. The molecule has 1 aromatic rings. The first-order chi connectivity index (χ1) is 13.0. The van der Waals surface area contributed by atoms with E-state index in [0.717, 1.165) is 52.1 Å². The number of hydrogen-bond donors (Lipinski definition) is 1. The van der Waals surface area contributed by atoms with E-state index in [9.17, 15) is 14.0 Å². The number of likely N-dealkylation sites (tertiary alicyclic amines) is 1. The van der Waals surface area contributed by atoms with Gasteiger partial charge in [-0.15, -0.1) is 0 Å². The summed E-state index contributed by atoms with van der Waals surface area (Å²) in [5.41, 5.74) is 1.04. The Morgan fingerprint density at radius 3 is 2.22 bits per heavy atom. The number of nitrogens with one attached hydrogen (secondary N) is 1. The summed E-state index contributed by atoms with van der Waals surface area (Å²) in [6.45, 7) is 7.30. The van der Waals surface area contributed by atoms with Crippen molar-refractivity contribution in [2.45, 2.75) is 26.2 Å². The molecule has 1 aromatic carbocycles. The average molecular weight is 376 g/mol. The fourth-order valence-electron chi connectivity index (χ4n) is 3.61. The van der Waals surface area contributed by atoms with Crippen LogP contribution >= 0.6 is 0 Å². The summed E-state index contributed by atoms with van der Waals surface area (Å²) in [6.07, 6.45) is 3.44. The lowest BCUT2D eigenvalue weighted by Gasteiger charge is -2.35. The number of anilines is 1. The van der Waals surface area contributed by atoms with E-state index in [1.807, 2.05) is 4.90 Å². The van der Waals surface area contributed by atoms with E-state index in [-0.39, 0.29) is 24.2 Å². The third-order valence-electron chi connectivity index (χ3n) is 5.36. The predicted molar refractivity (Wildman–Crippen MR) is 103 cm³/mol. The zero-order valence-electron chi connectivity index (χ0n) is 16.0. The Kier molecular flexibility index (Phi) is 6.79.